The van der Waals surface area contributed by atoms with Crippen molar-refractivity contribution in [1.82, 2.24) is 0 Å². The van der Waals surface area contributed by atoms with E-state index in [0.717, 1.165) is 0 Å². The Labute approximate surface area is 183 Å². The van der Waals surface area contributed by atoms with Crippen LogP contribution in [0.3, 0.4) is 0 Å². The number of hydrogen-bond donors (Lipinski definition) is 2. The molecule has 0 radical (unpaired) electrons. The second-order valence-electron chi connectivity index (χ2n) is 5.95. The van der Waals surface area contributed by atoms with Crippen LogP contribution < -0.4 is 0 Å². The molecule has 0 amide bonds. The lowest BCUT2D eigenvalue weighted by molar-refractivity contribution is -0.463. The first-order valence-corrected chi connectivity index (χ1v) is 9.20. The first-order chi connectivity index (χ1) is 15.5. The number of phenolic OH excluding ortho intramolecular Hbond substituents is 2. The summed E-state index contributed by atoms with van der Waals surface area (Å²) in [5.74, 6) is 0.204. The van der Waals surface area contributed by atoms with Crippen molar-refractivity contribution < 1.29 is 34.4 Å². The molecule has 0 saturated heterocycles. The minimum absolute atomic E-state index is 0.0600. The molecule has 0 spiro atoms. The Balaban J connectivity index is 0.000000229. The summed E-state index contributed by atoms with van der Waals surface area (Å²) in [4.78, 5) is 23.9. The Hall–Kier alpha value is -4.35. The van der Waals surface area contributed by atoms with Crippen molar-refractivity contribution in [3.63, 3.8) is 0 Å². The van der Waals surface area contributed by atoms with Crippen LogP contribution in [0.15, 0.2) is 64.0 Å². The van der Waals surface area contributed by atoms with E-state index in [2.05, 4.69) is 20.3 Å². The summed E-state index contributed by atoms with van der Waals surface area (Å²) in [6.45, 7) is 0.283. The number of nitrogens with zero attached hydrogens (tertiary/aromatic N) is 4. The van der Waals surface area contributed by atoms with Crippen molar-refractivity contribution in [3.05, 3.63) is 69.8 Å². The van der Waals surface area contributed by atoms with E-state index in [1.54, 1.807) is 36.4 Å². The van der Waals surface area contributed by atoms with Gasteiger partial charge in [0.2, 0.25) is 6.54 Å². The first-order valence-electron chi connectivity index (χ1n) is 9.20. The lowest BCUT2D eigenvalue weighted by Gasteiger charge is -2.15. The molecule has 1 aliphatic heterocycles. The van der Waals surface area contributed by atoms with Gasteiger partial charge in [-0.3, -0.25) is 10.1 Å². The highest BCUT2D eigenvalue weighted by Crippen LogP contribution is 2.19. The average molecular weight is 446 g/mol. The monoisotopic (exact) mass is 446 g/mol. The molecule has 12 nitrogen and oxygen atoms in total. The number of hydrogen-bond acceptors (Lipinski definition) is 11. The molecule has 0 aromatic heterocycles. The summed E-state index contributed by atoms with van der Waals surface area (Å²) in [6.07, 6.45) is 0. The van der Waals surface area contributed by atoms with Gasteiger partial charge in [-0.2, -0.15) is 0 Å². The van der Waals surface area contributed by atoms with Gasteiger partial charge in [-0.25, -0.2) is 0 Å². The molecular formula is C20H22N4O8. The molecule has 0 aliphatic carbocycles. The van der Waals surface area contributed by atoms with E-state index in [-0.39, 0.29) is 23.1 Å². The van der Waals surface area contributed by atoms with Gasteiger partial charge < -0.3 is 29.5 Å². The minimum Gasteiger partial charge on any atom is -0.507 e. The van der Waals surface area contributed by atoms with Crippen molar-refractivity contribution in [3.8, 4) is 11.5 Å². The average Bonchev–Trinajstić information content (AvgIpc) is 2.79. The lowest BCUT2D eigenvalue weighted by Crippen LogP contribution is -2.25. The number of phenols is 2. The Morgan fingerprint density at radius 2 is 1.62 bits per heavy atom. The number of rotatable bonds is 7. The highest BCUT2D eigenvalue weighted by atomic mass is 16.7. The Bertz CT molecular complexity index is 1010. The standard InChI is InChI=1S/C11H12N2O4.C9H10N2O4/c1-15-12-10(11-13-17-7-6-16-11)8-4-2-3-5-9(8)14;1-15-10-8(6-11(13)14)7-4-2-3-5-9(7)12/h2-5,14H,6-7H2,1H3;2-5,12H,6H2,1H3. The predicted molar refractivity (Wildman–Crippen MR) is 115 cm³/mol. The molecular weight excluding hydrogens is 424 g/mol. The smallest absolute Gasteiger partial charge is 0.280 e. The van der Waals surface area contributed by atoms with Gasteiger partial charge in [0.15, 0.2) is 18.0 Å². The summed E-state index contributed by atoms with van der Waals surface area (Å²) in [5.41, 5.74) is 1.15. The van der Waals surface area contributed by atoms with Crippen LogP contribution in [-0.2, 0) is 19.2 Å². The molecule has 0 unspecified atom stereocenters. The van der Waals surface area contributed by atoms with Gasteiger partial charge >= 0.3 is 0 Å². The number of nitro groups is 1. The van der Waals surface area contributed by atoms with Crippen LogP contribution >= 0.6 is 0 Å². The molecule has 0 saturated carbocycles. The van der Waals surface area contributed by atoms with Gasteiger partial charge in [0.1, 0.15) is 32.3 Å². The van der Waals surface area contributed by atoms with Crippen molar-refractivity contribution in [2.75, 3.05) is 34.0 Å². The van der Waals surface area contributed by atoms with E-state index in [1.165, 1.54) is 26.4 Å². The molecule has 0 atom stereocenters. The van der Waals surface area contributed by atoms with Crippen LogP contribution in [0.4, 0.5) is 0 Å². The van der Waals surface area contributed by atoms with Gasteiger partial charge in [-0.1, -0.05) is 34.6 Å². The molecule has 32 heavy (non-hydrogen) atoms. The topological polar surface area (TPSA) is 158 Å². The van der Waals surface area contributed by atoms with E-state index >= 15 is 0 Å². The van der Waals surface area contributed by atoms with E-state index in [1.807, 2.05) is 0 Å². The maximum Gasteiger partial charge on any atom is 0.280 e. The number of aromatic hydroxyl groups is 2. The SMILES string of the molecule is CON=C(C1=NOCCO1)c1ccccc1O.CON=C(C[N+](=O)[O-])c1ccccc1O. The molecule has 1 heterocycles. The molecule has 0 bridgehead atoms. The molecule has 2 aromatic carbocycles. The quantitative estimate of drug-likeness (QED) is 0.372. The fraction of sp³-hybridized carbons (Fsp3) is 0.250. The van der Waals surface area contributed by atoms with E-state index in [4.69, 9.17) is 14.4 Å². The number of ether oxygens (including phenoxy) is 1. The maximum absolute atomic E-state index is 10.4. The molecule has 2 N–H and O–H groups in total. The van der Waals surface area contributed by atoms with Gasteiger partial charge in [-0.15, -0.1) is 0 Å². The van der Waals surface area contributed by atoms with Crippen LogP contribution in [0.2, 0.25) is 0 Å². The van der Waals surface area contributed by atoms with E-state index < -0.39 is 11.5 Å². The summed E-state index contributed by atoms with van der Waals surface area (Å²) >= 11 is 0. The zero-order valence-corrected chi connectivity index (χ0v) is 17.4. The van der Waals surface area contributed by atoms with Gasteiger partial charge in [0, 0.05) is 10.5 Å². The lowest BCUT2D eigenvalue weighted by atomic mass is 10.1. The molecule has 1 aliphatic rings. The third-order valence-electron chi connectivity index (χ3n) is 3.80. The first kappa shape index (κ1) is 23.9. The van der Waals surface area contributed by atoms with E-state index in [9.17, 15) is 20.3 Å². The summed E-state index contributed by atoms with van der Waals surface area (Å²) in [6, 6.07) is 13.0. The zero-order chi connectivity index (χ0) is 23.3. The van der Waals surface area contributed by atoms with Gasteiger partial charge in [0.25, 0.3) is 5.90 Å². The second-order valence-corrected chi connectivity index (χ2v) is 5.95. The fourth-order valence-corrected chi connectivity index (χ4v) is 2.50. The predicted octanol–water partition coefficient (Wildman–Crippen LogP) is 2.12. The summed E-state index contributed by atoms with van der Waals surface area (Å²) in [7, 11) is 2.70. The van der Waals surface area contributed by atoms with Crippen LogP contribution in [0.5, 0.6) is 11.5 Å². The minimum atomic E-state index is -0.537. The summed E-state index contributed by atoms with van der Waals surface area (Å²) in [5, 5.41) is 40.6. The number of para-hydroxylation sites is 2. The van der Waals surface area contributed by atoms with Gasteiger partial charge in [0.05, 0.1) is 5.56 Å². The highest BCUT2D eigenvalue weighted by Gasteiger charge is 2.21. The highest BCUT2D eigenvalue weighted by molar-refractivity contribution is 6.45. The second kappa shape index (κ2) is 12.4. The molecule has 0 fully saturated rings. The van der Waals surface area contributed by atoms with Crippen molar-refractivity contribution in [2.45, 2.75) is 0 Å². The fourth-order valence-electron chi connectivity index (χ4n) is 2.50. The maximum atomic E-state index is 10.4. The largest absolute Gasteiger partial charge is 0.507 e. The molecule has 3 rings (SSSR count). The molecule has 170 valence electrons. The van der Waals surface area contributed by atoms with Crippen LogP contribution in [0.25, 0.3) is 0 Å². The van der Waals surface area contributed by atoms with Crippen molar-refractivity contribution >= 4 is 17.3 Å². The van der Waals surface area contributed by atoms with Crippen LogP contribution in [0.1, 0.15) is 11.1 Å². The van der Waals surface area contributed by atoms with Gasteiger partial charge in [-0.05, 0) is 29.4 Å². The zero-order valence-electron chi connectivity index (χ0n) is 17.4. The molecule has 2 aromatic rings. The third kappa shape index (κ3) is 6.86. The van der Waals surface area contributed by atoms with Crippen LogP contribution in [-0.4, -0.2) is 66.4 Å². The number of benzene rings is 2. The number of oxime groups is 3. The molecule has 12 heteroatoms. The van der Waals surface area contributed by atoms with Crippen molar-refractivity contribution in [1.29, 1.82) is 0 Å². The Morgan fingerprint density at radius 3 is 2.12 bits per heavy atom. The Kier molecular flexibility index (Phi) is 9.25. The normalized spacial score (nSPS) is 13.5. The third-order valence-corrected chi connectivity index (χ3v) is 3.80. The summed E-state index contributed by atoms with van der Waals surface area (Å²) < 4.78 is 5.31. The Morgan fingerprint density at radius 1 is 1.03 bits per heavy atom. The van der Waals surface area contributed by atoms with Crippen molar-refractivity contribution in [2.24, 2.45) is 15.5 Å². The van der Waals surface area contributed by atoms with Crippen LogP contribution in [0, 0.1) is 10.1 Å². The van der Waals surface area contributed by atoms with E-state index in [0.29, 0.717) is 30.1 Å².